The van der Waals surface area contributed by atoms with Gasteiger partial charge < -0.3 is 20.3 Å². The van der Waals surface area contributed by atoms with E-state index in [1.54, 1.807) is 0 Å². The third-order valence-electron chi connectivity index (χ3n) is 17.4. The molecule has 0 radical (unpaired) electrons. The van der Waals surface area contributed by atoms with Gasteiger partial charge in [0, 0.05) is 12.8 Å². The van der Waals surface area contributed by atoms with E-state index in [1.165, 1.54) is 315 Å². The van der Waals surface area contributed by atoms with E-state index in [-0.39, 0.29) is 18.5 Å². The summed E-state index contributed by atoms with van der Waals surface area (Å²) in [4.78, 5) is 24.6. The predicted octanol–water partition coefficient (Wildman–Crippen LogP) is 24.4. The number of amides is 1. The summed E-state index contributed by atoms with van der Waals surface area (Å²) in [5.74, 6) is -0.0202. The van der Waals surface area contributed by atoms with Crippen molar-refractivity contribution in [1.82, 2.24) is 5.32 Å². The van der Waals surface area contributed by atoms with E-state index in [9.17, 15) is 19.8 Å². The minimum absolute atomic E-state index is 0.0116. The van der Waals surface area contributed by atoms with E-state index in [2.05, 4.69) is 67.8 Å². The van der Waals surface area contributed by atoms with E-state index >= 15 is 0 Å². The highest BCUT2D eigenvalue weighted by Crippen LogP contribution is 2.19. The van der Waals surface area contributed by atoms with Crippen molar-refractivity contribution in [2.24, 2.45) is 0 Å². The van der Waals surface area contributed by atoms with Crippen LogP contribution in [0.5, 0.6) is 0 Å². The number of unbranched alkanes of at least 4 members (excludes halogenated alkanes) is 51. The first-order valence-corrected chi connectivity index (χ1v) is 37.4. The Morgan fingerprint density at radius 2 is 0.602 bits per heavy atom. The van der Waals surface area contributed by atoms with Crippen LogP contribution in [-0.2, 0) is 14.3 Å². The van der Waals surface area contributed by atoms with E-state index in [0.717, 1.165) is 57.8 Å². The smallest absolute Gasteiger partial charge is 0.305 e. The quantitative estimate of drug-likeness (QED) is 0.0320. The average Bonchev–Trinajstić information content (AvgIpc) is 3.49. The van der Waals surface area contributed by atoms with Gasteiger partial charge in [0.2, 0.25) is 5.91 Å². The molecule has 83 heavy (non-hydrogen) atoms. The van der Waals surface area contributed by atoms with Crippen molar-refractivity contribution in [3.8, 4) is 0 Å². The fourth-order valence-electron chi connectivity index (χ4n) is 11.6. The van der Waals surface area contributed by atoms with Crippen molar-refractivity contribution in [1.29, 1.82) is 0 Å². The molecule has 1 amide bonds. The second-order valence-electron chi connectivity index (χ2n) is 25.6. The maximum absolute atomic E-state index is 12.5. The molecule has 0 aliphatic carbocycles. The number of aliphatic hydroxyl groups excluding tert-OH is 2. The number of allylic oxidation sites excluding steroid dienone is 8. The van der Waals surface area contributed by atoms with Crippen LogP contribution in [0.1, 0.15) is 406 Å². The normalized spacial score (nSPS) is 12.8. The van der Waals surface area contributed by atoms with Gasteiger partial charge >= 0.3 is 5.97 Å². The Bertz CT molecular complexity index is 1390. The van der Waals surface area contributed by atoms with Crippen LogP contribution in [-0.4, -0.2) is 47.4 Å². The lowest BCUT2D eigenvalue weighted by Gasteiger charge is -2.22. The molecule has 0 aromatic heterocycles. The molecule has 6 heteroatoms. The molecule has 0 aliphatic heterocycles. The Morgan fingerprint density at radius 1 is 0.337 bits per heavy atom. The van der Waals surface area contributed by atoms with Crippen molar-refractivity contribution >= 4 is 11.9 Å². The molecule has 0 rings (SSSR count). The van der Waals surface area contributed by atoms with Crippen molar-refractivity contribution in [3.05, 3.63) is 48.6 Å². The first-order chi connectivity index (χ1) is 41.0. The van der Waals surface area contributed by atoms with E-state index in [0.29, 0.717) is 25.9 Å². The maximum atomic E-state index is 12.5. The molecule has 0 spiro atoms. The number of hydrogen-bond donors (Lipinski definition) is 3. The van der Waals surface area contributed by atoms with Gasteiger partial charge in [-0.2, -0.15) is 0 Å². The van der Waals surface area contributed by atoms with Crippen molar-refractivity contribution in [2.75, 3.05) is 13.2 Å². The summed E-state index contributed by atoms with van der Waals surface area (Å²) < 4.78 is 5.50. The average molecular weight is 1170 g/mol. The van der Waals surface area contributed by atoms with E-state index in [1.807, 2.05) is 0 Å². The zero-order chi connectivity index (χ0) is 59.9. The van der Waals surface area contributed by atoms with Gasteiger partial charge in [0.05, 0.1) is 25.4 Å². The first kappa shape index (κ1) is 80.8. The van der Waals surface area contributed by atoms with Crippen LogP contribution in [0.4, 0.5) is 0 Å². The zero-order valence-electron chi connectivity index (χ0n) is 55.9. The molecule has 0 fully saturated rings. The Balaban J connectivity index is 3.34. The number of carbonyl (C=O) groups excluding carboxylic acids is 2. The SMILES string of the molecule is CCCCCC/C=C\C/C=C\CCCCCCCCCC(=O)OCCCCCCCCCCCCCCC/C=C\C/C=C\CCCCCCCCCCCCCCCCCCCC(=O)NC(CO)C(O)CCCCCCCCCCCCC. The molecule has 6 nitrogen and oxygen atoms in total. The van der Waals surface area contributed by atoms with Gasteiger partial charge in [-0.15, -0.1) is 0 Å². The number of carbonyl (C=O) groups is 2. The molecule has 2 unspecified atom stereocenters. The minimum Gasteiger partial charge on any atom is -0.466 e. The van der Waals surface area contributed by atoms with Crippen LogP contribution < -0.4 is 5.32 Å². The lowest BCUT2D eigenvalue weighted by atomic mass is 10.0. The highest BCUT2D eigenvalue weighted by molar-refractivity contribution is 5.76. The largest absolute Gasteiger partial charge is 0.466 e. The van der Waals surface area contributed by atoms with Crippen LogP contribution in [0.25, 0.3) is 0 Å². The fourth-order valence-corrected chi connectivity index (χ4v) is 11.6. The van der Waals surface area contributed by atoms with Gasteiger partial charge in [-0.25, -0.2) is 0 Å². The van der Waals surface area contributed by atoms with Crippen LogP contribution in [0, 0.1) is 0 Å². The highest BCUT2D eigenvalue weighted by atomic mass is 16.5. The molecule has 0 aromatic rings. The number of ether oxygens (including phenoxy) is 1. The van der Waals surface area contributed by atoms with Crippen LogP contribution in [0.2, 0.25) is 0 Å². The monoisotopic (exact) mass is 1160 g/mol. The van der Waals surface area contributed by atoms with Gasteiger partial charge in [-0.05, 0) is 89.9 Å². The van der Waals surface area contributed by atoms with Crippen molar-refractivity contribution in [3.63, 3.8) is 0 Å². The summed E-state index contributed by atoms with van der Waals surface area (Å²) in [5.41, 5.74) is 0. The number of aliphatic hydroxyl groups is 2. The standard InChI is InChI=1S/C77H145NO5/c1-3-5-7-9-11-13-15-16-17-18-41-44-47-51-55-59-63-67-71-77(82)83-72-68-64-60-56-52-48-45-42-39-37-35-33-31-29-27-25-23-21-19-20-22-24-26-28-30-32-34-36-38-40-43-46-50-54-58-62-66-70-76(81)78-74(73-79)75(80)69-65-61-57-53-49-14-12-10-8-6-4-2/h13,15,17-19,21,25,27,74-75,79-80H,3-12,14,16,20,22-24,26,28-73H2,1-2H3,(H,78,81)/b15-13-,18-17-,21-19-,27-25-. The molecule has 0 saturated heterocycles. The molecular weight excluding hydrogens is 1020 g/mol. The lowest BCUT2D eigenvalue weighted by molar-refractivity contribution is -0.143. The van der Waals surface area contributed by atoms with Gasteiger partial charge in [0.15, 0.2) is 0 Å². The molecule has 0 aromatic carbocycles. The molecule has 0 saturated carbocycles. The molecule has 488 valence electrons. The summed E-state index contributed by atoms with van der Waals surface area (Å²) >= 11 is 0. The first-order valence-electron chi connectivity index (χ1n) is 37.4. The van der Waals surface area contributed by atoms with Gasteiger partial charge in [-0.1, -0.05) is 351 Å². The molecule has 3 N–H and O–H groups in total. The number of rotatable bonds is 70. The lowest BCUT2D eigenvalue weighted by Crippen LogP contribution is -2.45. The third kappa shape index (κ3) is 68.8. The second kappa shape index (κ2) is 72.3. The fraction of sp³-hybridized carbons (Fsp3) is 0.870. The van der Waals surface area contributed by atoms with Crippen molar-refractivity contribution < 1.29 is 24.5 Å². The van der Waals surface area contributed by atoms with Crippen LogP contribution >= 0.6 is 0 Å². The van der Waals surface area contributed by atoms with Crippen LogP contribution in [0.15, 0.2) is 48.6 Å². The van der Waals surface area contributed by atoms with Gasteiger partial charge in [-0.3, -0.25) is 9.59 Å². The highest BCUT2D eigenvalue weighted by Gasteiger charge is 2.20. The Labute approximate surface area is 518 Å². The molecule has 0 bridgehead atoms. The number of esters is 1. The summed E-state index contributed by atoms with van der Waals surface area (Å²) in [7, 11) is 0. The van der Waals surface area contributed by atoms with Crippen molar-refractivity contribution in [2.45, 2.75) is 418 Å². The molecule has 2 atom stereocenters. The minimum atomic E-state index is -0.661. The summed E-state index contributed by atoms with van der Waals surface area (Å²) in [6.45, 7) is 4.95. The Morgan fingerprint density at radius 3 is 0.928 bits per heavy atom. The molecule has 0 aliphatic rings. The topological polar surface area (TPSA) is 95.9 Å². The Kier molecular flexibility index (Phi) is 70.4. The Hall–Kier alpha value is -2.18. The van der Waals surface area contributed by atoms with Crippen LogP contribution in [0.3, 0.4) is 0 Å². The zero-order valence-corrected chi connectivity index (χ0v) is 55.9. The number of hydrogen-bond acceptors (Lipinski definition) is 5. The third-order valence-corrected chi connectivity index (χ3v) is 17.4. The van der Waals surface area contributed by atoms with E-state index < -0.39 is 12.1 Å². The van der Waals surface area contributed by atoms with Gasteiger partial charge in [0.25, 0.3) is 0 Å². The second-order valence-corrected chi connectivity index (χ2v) is 25.6. The molecular formula is C77H145NO5. The van der Waals surface area contributed by atoms with Gasteiger partial charge in [0.1, 0.15) is 0 Å². The summed E-state index contributed by atoms with van der Waals surface area (Å²) in [6.07, 6.45) is 94.8. The van der Waals surface area contributed by atoms with E-state index in [4.69, 9.17) is 4.74 Å². The molecule has 0 heterocycles. The maximum Gasteiger partial charge on any atom is 0.305 e. The summed E-state index contributed by atoms with van der Waals surface area (Å²) in [5, 5.41) is 23.2. The summed E-state index contributed by atoms with van der Waals surface area (Å²) in [6, 6.07) is -0.538. The number of nitrogens with one attached hydrogen (secondary N) is 1. The predicted molar refractivity (Wildman–Crippen MR) is 366 cm³/mol.